The van der Waals surface area contributed by atoms with Gasteiger partial charge in [0.2, 0.25) is 5.91 Å². The van der Waals surface area contributed by atoms with Crippen LogP contribution in [0.4, 0.5) is 0 Å². The zero-order valence-electron chi connectivity index (χ0n) is 9.87. The Balaban J connectivity index is 1.87. The second-order valence-electron chi connectivity index (χ2n) is 5.22. The van der Waals surface area contributed by atoms with E-state index in [1.54, 1.807) is 0 Å². The first-order valence-corrected chi connectivity index (χ1v) is 6.58. The van der Waals surface area contributed by atoms with Gasteiger partial charge in [-0.1, -0.05) is 19.8 Å². The Morgan fingerprint density at radius 3 is 2.27 bits per heavy atom. The second-order valence-corrected chi connectivity index (χ2v) is 5.22. The van der Waals surface area contributed by atoms with Crippen LogP contribution in [-0.4, -0.2) is 23.9 Å². The highest BCUT2D eigenvalue weighted by atomic mass is 16.2. The summed E-state index contributed by atoms with van der Waals surface area (Å²) in [5, 5.41) is 0. The minimum atomic E-state index is 0.283. The van der Waals surface area contributed by atoms with Gasteiger partial charge in [0.15, 0.2) is 0 Å². The first-order chi connectivity index (χ1) is 7.29. The number of hydrogen-bond donors (Lipinski definition) is 0. The van der Waals surface area contributed by atoms with Crippen molar-refractivity contribution in [1.29, 1.82) is 0 Å². The summed E-state index contributed by atoms with van der Waals surface area (Å²) >= 11 is 0. The van der Waals surface area contributed by atoms with E-state index in [1.807, 2.05) is 0 Å². The summed E-state index contributed by atoms with van der Waals surface area (Å²) in [5.74, 6) is 1.40. The molecule has 15 heavy (non-hydrogen) atoms. The van der Waals surface area contributed by atoms with Gasteiger partial charge in [0.25, 0.3) is 0 Å². The van der Waals surface area contributed by atoms with Gasteiger partial charge in [-0.05, 0) is 38.0 Å². The molecule has 0 aromatic carbocycles. The Kier molecular flexibility index (Phi) is 3.66. The number of rotatable bonds is 2. The van der Waals surface area contributed by atoms with Gasteiger partial charge in [0.05, 0.1) is 0 Å². The maximum atomic E-state index is 12.2. The fourth-order valence-corrected chi connectivity index (χ4v) is 3.06. The molecule has 86 valence electrons. The van der Waals surface area contributed by atoms with Gasteiger partial charge in [-0.2, -0.15) is 0 Å². The Morgan fingerprint density at radius 1 is 1.07 bits per heavy atom. The van der Waals surface area contributed by atoms with E-state index in [0.717, 1.165) is 13.1 Å². The van der Waals surface area contributed by atoms with E-state index in [9.17, 15) is 4.79 Å². The van der Waals surface area contributed by atoms with Crippen LogP contribution in [0.5, 0.6) is 0 Å². The molecule has 1 saturated heterocycles. The van der Waals surface area contributed by atoms with Crippen molar-refractivity contribution in [3.63, 3.8) is 0 Å². The van der Waals surface area contributed by atoms with E-state index in [2.05, 4.69) is 11.8 Å². The van der Waals surface area contributed by atoms with Crippen molar-refractivity contribution >= 4 is 5.91 Å². The van der Waals surface area contributed by atoms with Crippen LogP contribution >= 0.6 is 0 Å². The molecule has 1 aliphatic carbocycles. The molecule has 1 aliphatic heterocycles. The van der Waals surface area contributed by atoms with E-state index in [1.165, 1.54) is 44.9 Å². The Morgan fingerprint density at radius 2 is 1.67 bits per heavy atom. The molecule has 0 aromatic heterocycles. The molecule has 0 spiro atoms. The Hall–Kier alpha value is -0.530. The third-order valence-corrected chi connectivity index (χ3v) is 4.16. The third kappa shape index (κ3) is 2.53. The minimum absolute atomic E-state index is 0.283. The van der Waals surface area contributed by atoms with Crippen LogP contribution in [0, 0.1) is 11.8 Å². The van der Waals surface area contributed by atoms with Crippen molar-refractivity contribution in [1.82, 2.24) is 4.90 Å². The lowest BCUT2D eigenvalue weighted by Gasteiger charge is -2.31. The van der Waals surface area contributed by atoms with Crippen molar-refractivity contribution in [2.24, 2.45) is 11.8 Å². The fraction of sp³-hybridized carbons (Fsp3) is 0.923. The monoisotopic (exact) mass is 209 g/mol. The number of amides is 1. The molecule has 2 heteroatoms. The highest BCUT2D eigenvalue weighted by Crippen LogP contribution is 2.32. The van der Waals surface area contributed by atoms with Crippen LogP contribution in [0.2, 0.25) is 0 Å². The van der Waals surface area contributed by atoms with Crippen molar-refractivity contribution in [2.45, 2.75) is 51.9 Å². The zero-order chi connectivity index (χ0) is 10.7. The maximum Gasteiger partial charge on any atom is 0.225 e. The first kappa shape index (κ1) is 11.0. The molecule has 2 fully saturated rings. The molecule has 1 saturated carbocycles. The predicted octanol–water partition coefficient (Wildman–Crippen LogP) is 2.83. The van der Waals surface area contributed by atoms with Crippen LogP contribution in [0.15, 0.2) is 0 Å². The zero-order valence-corrected chi connectivity index (χ0v) is 9.87. The van der Waals surface area contributed by atoms with Crippen molar-refractivity contribution < 1.29 is 4.79 Å². The van der Waals surface area contributed by atoms with Crippen molar-refractivity contribution in [3.8, 4) is 0 Å². The number of piperidine rings is 1. The molecule has 1 amide bonds. The van der Waals surface area contributed by atoms with E-state index in [-0.39, 0.29) is 5.92 Å². The fourth-order valence-electron chi connectivity index (χ4n) is 3.06. The highest BCUT2D eigenvalue weighted by Gasteiger charge is 2.30. The van der Waals surface area contributed by atoms with Crippen LogP contribution < -0.4 is 0 Å². The number of likely N-dealkylation sites (tertiary alicyclic amines) is 1. The van der Waals surface area contributed by atoms with Gasteiger partial charge < -0.3 is 4.90 Å². The predicted molar refractivity (Wildman–Crippen MR) is 61.6 cm³/mol. The first-order valence-electron chi connectivity index (χ1n) is 6.58. The summed E-state index contributed by atoms with van der Waals surface area (Å²) in [6.45, 7) is 4.17. The van der Waals surface area contributed by atoms with Crippen LogP contribution in [-0.2, 0) is 4.79 Å². The molecule has 0 N–H and O–H groups in total. The van der Waals surface area contributed by atoms with Gasteiger partial charge in [-0.25, -0.2) is 0 Å². The van der Waals surface area contributed by atoms with Gasteiger partial charge in [-0.15, -0.1) is 0 Å². The summed E-state index contributed by atoms with van der Waals surface area (Å²) in [5.41, 5.74) is 0. The SMILES string of the molecule is CC(C(=O)N1CCCCC1)C1CCCC1. The van der Waals surface area contributed by atoms with E-state index in [0.29, 0.717) is 11.8 Å². The topological polar surface area (TPSA) is 20.3 Å². The number of hydrogen-bond acceptors (Lipinski definition) is 1. The van der Waals surface area contributed by atoms with Crippen molar-refractivity contribution in [2.75, 3.05) is 13.1 Å². The number of nitrogens with zero attached hydrogens (tertiary/aromatic N) is 1. The molecular weight excluding hydrogens is 186 g/mol. The van der Waals surface area contributed by atoms with Crippen molar-refractivity contribution in [3.05, 3.63) is 0 Å². The average Bonchev–Trinajstić information content (AvgIpc) is 2.82. The van der Waals surface area contributed by atoms with Gasteiger partial charge in [0, 0.05) is 19.0 Å². The van der Waals surface area contributed by atoms with E-state index >= 15 is 0 Å². The summed E-state index contributed by atoms with van der Waals surface area (Å²) in [6.07, 6.45) is 8.96. The largest absolute Gasteiger partial charge is 0.342 e. The number of carbonyl (C=O) groups excluding carboxylic acids is 1. The lowest BCUT2D eigenvalue weighted by Crippen LogP contribution is -2.40. The Bertz CT molecular complexity index is 215. The summed E-state index contributed by atoms with van der Waals surface area (Å²) < 4.78 is 0. The summed E-state index contributed by atoms with van der Waals surface area (Å²) in [4.78, 5) is 14.3. The molecule has 2 nitrogen and oxygen atoms in total. The molecule has 2 aliphatic rings. The average molecular weight is 209 g/mol. The summed E-state index contributed by atoms with van der Waals surface area (Å²) in [7, 11) is 0. The second kappa shape index (κ2) is 5.00. The maximum absolute atomic E-state index is 12.2. The van der Waals surface area contributed by atoms with Crippen LogP contribution in [0.3, 0.4) is 0 Å². The summed E-state index contributed by atoms with van der Waals surface area (Å²) in [6, 6.07) is 0. The smallest absolute Gasteiger partial charge is 0.225 e. The van der Waals surface area contributed by atoms with Gasteiger partial charge in [-0.3, -0.25) is 4.79 Å². The molecule has 1 unspecified atom stereocenters. The molecule has 2 rings (SSSR count). The van der Waals surface area contributed by atoms with Gasteiger partial charge >= 0.3 is 0 Å². The Labute approximate surface area is 93.0 Å². The van der Waals surface area contributed by atoms with Crippen LogP contribution in [0.25, 0.3) is 0 Å². The number of carbonyl (C=O) groups is 1. The molecule has 1 heterocycles. The minimum Gasteiger partial charge on any atom is -0.342 e. The van der Waals surface area contributed by atoms with Gasteiger partial charge in [0.1, 0.15) is 0 Å². The lowest BCUT2D eigenvalue weighted by atomic mass is 9.91. The molecule has 0 radical (unpaired) electrons. The normalized spacial score (nSPS) is 25.5. The molecular formula is C13H23NO. The molecule has 0 bridgehead atoms. The standard InChI is InChI=1S/C13H23NO/c1-11(12-7-3-4-8-12)13(15)14-9-5-2-6-10-14/h11-12H,2-10H2,1H3. The third-order valence-electron chi connectivity index (χ3n) is 4.16. The highest BCUT2D eigenvalue weighted by molar-refractivity contribution is 5.78. The van der Waals surface area contributed by atoms with Crippen LogP contribution in [0.1, 0.15) is 51.9 Å². The van der Waals surface area contributed by atoms with E-state index < -0.39 is 0 Å². The van der Waals surface area contributed by atoms with E-state index in [4.69, 9.17) is 0 Å². The quantitative estimate of drug-likeness (QED) is 0.685. The lowest BCUT2D eigenvalue weighted by molar-refractivity contribution is -0.137. The molecule has 0 aromatic rings. The molecule has 1 atom stereocenters.